The van der Waals surface area contributed by atoms with Crippen molar-refractivity contribution < 1.29 is 23.8 Å². The summed E-state index contributed by atoms with van der Waals surface area (Å²) < 4.78 is 15.6. The Balaban J connectivity index is 2.40. The molecule has 0 unspecified atom stereocenters. The van der Waals surface area contributed by atoms with Crippen molar-refractivity contribution in [2.45, 2.75) is 39.2 Å². The molecule has 0 heterocycles. The number of ether oxygens (including phenoxy) is 3. The fourth-order valence-electron chi connectivity index (χ4n) is 1.79. The molecule has 1 aromatic rings. The molecule has 128 valence electrons. The molecule has 0 fully saturated rings. The molecule has 0 amide bonds. The first-order valence-electron chi connectivity index (χ1n) is 7.65. The van der Waals surface area contributed by atoms with E-state index in [2.05, 4.69) is 0 Å². The summed E-state index contributed by atoms with van der Waals surface area (Å²) in [5.74, 6) is 0.164. The van der Waals surface area contributed by atoms with Crippen LogP contribution in [0.15, 0.2) is 24.3 Å². The van der Waals surface area contributed by atoms with Crippen LogP contribution in [0.1, 0.15) is 32.3 Å². The monoisotopic (exact) mass is 342 g/mol. The van der Waals surface area contributed by atoms with Crippen LogP contribution in [0.2, 0.25) is 0 Å². The van der Waals surface area contributed by atoms with Gasteiger partial charge < -0.3 is 14.2 Å². The zero-order chi connectivity index (χ0) is 17.1. The quantitative estimate of drug-likeness (QED) is 0.371. The minimum absolute atomic E-state index is 0.168. The molecular weight excluding hydrogens is 320 g/mol. The third-order valence-corrected chi connectivity index (χ3v) is 3.32. The largest absolute Gasteiger partial charge is 0.490 e. The lowest BCUT2D eigenvalue weighted by Gasteiger charge is -2.15. The van der Waals surface area contributed by atoms with Crippen molar-refractivity contribution in [1.29, 1.82) is 0 Å². The lowest BCUT2D eigenvalue weighted by atomic mass is 10.1. The summed E-state index contributed by atoms with van der Waals surface area (Å²) >= 11 is 5.70. The topological polar surface area (TPSA) is 61.8 Å². The second-order valence-corrected chi connectivity index (χ2v) is 5.40. The number of unbranched alkanes of at least 4 members (excludes halogenated alkanes) is 1. The van der Waals surface area contributed by atoms with Gasteiger partial charge in [0.05, 0.1) is 18.9 Å². The van der Waals surface area contributed by atoms with Gasteiger partial charge in [-0.05, 0) is 24.1 Å². The average molecular weight is 343 g/mol. The zero-order valence-corrected chi connectivity index (χ0v) is 14.3. The summed E-state index contributed by atoms with van der Waals surface area (Å²) in [7, 11) is 0. The van der Waals surface area contributed by atoms with Crippen molar-refractivity contribution >= 4 is 23.5 Å². The molecule has 0 aliphatic rings. The number of rotatable bonds is 10. The predicted molar refractivity (Wildman–Crippen MR) is 87.8 cm³/mol. The molecule has 0 aromatic heterocycles. The normalized spacial score (nSPS) is 11.6. The van der Waals surface area contributed by atoms with Gasteiger partial charge in [0.2, 0.25) is 0 Å². The van der Waals surface area contributed by atoms with Crippen molar-refractivity contribution in [3.63, 3.8) is 0 Å². The lowest BCUT2D eigenvalue weighted by Crippen LogP contribution is -2.25. The summed E-state index contributed by atoms with van der Waals surface area (Å²) in [6, 6.07) is 7.12. The van der Waals surface area contributed by atoms with Gasteiger partial charge in [-0.2, -0.15) is 0 Å². The Morgan fingerprint density at radius 2 is 1.91 bits per heavy atom. The molecule has 0 saturated heterocycles. The summed E-state index contributed by atoms with van der Waals surface area (Å²) in [6.07, 6.45) is 1.63. The van der Waals surface area contributed by atoms with Crippen LogP contribution in [0, 0.1) is 0 Å². The fraction of sp³-hybridized carbons (Fsp3) is 0.529. The summed E-state index contributed by atoms with van der Waals surface area (Å²) in [4.78, 5) is 22.5. The molecule has 1 rings (SSSR count). The highest BCUT2D eigenvalue weighted by molar-refractivity contribution is 6.18. The molecule has 0 saturated carbocycles. The van der Waals surface area contributed by atoms with Crippen LogP contribution in [-0.4, -0.2) is 37.1 Å². The smallest absolute Gasteiger partial charge is 0.310 e. The van der Waals surface area contributed by atoms with E-state index in [9.17, 15) is 9.59 Å². The number of carbonyl (C=O) groups excluding carboxylic acids is 2. The van der Waals surface area contributed by atoms with E-state index in [4.69, 9.17) is 25.8 Å². The lowest BCUT2D eigenvalue weighted by molar-refractivity contribution is -0.146. The van der Waals surface area contributed by atoms with E-state index in [-0.39, 0.29) is 24.9 Å². The van der Waals surface area contributed by atoms with Crippen molar-refractivity contribution in [2.75, 3.05) is 19.1 Å². The van der Waals surface area contributed by atoms with Gasteiger partial charge in [0.15, 0.2) is 0 Å². The molecule has 0 N–H and O–H groups in total. The van der Waals surface area contributed by atoms with E-state index in [0.29, 0.717) is 12.4 Å². The van der Waals surface area contributed by atoms with Crippen LogP contribution < -0.4 is 4.74 Å². The number of halogens is 1. The minimum Gasteiger partial charge on any atom is -0.490 e. The summed E-state index contributed by atoms with van der Waals surface area (Å²) in [5, 5.41) is 0. The maximum absolute atomic E-state index is 11.6. The maximum Gasteiger partial charge on any atom is 0.310 e. The van der Waals surface area contributed by atoms with Gasteiger partial charge in [0.1, 0.15) is 18.5 Å². The molecule has 5 nitrogen and oxygen atoms in total. The number of esters is 2. The van der Waals surface area contributed by atoms with Gasteiger partial charge in [-0.15, -0.1) is 11.6 Å². The second kappa shape index (κ2) is 10.9. The third kappa shape index (κ3) is 8.45. The molecule has 1 atom stereocenters. The van der Waals surface area contributed by atoms with Crippen LogP contribution in [0.25, 0.3) is 0 Å². The van der Waals surface area contributed by atoms with Crippen molar-refractivity contribution in [2.24, 2.45) is 0 Å². The van der Waals surface area contributed by atoms with E-state index in [1.165, 1.54) is 6.92 Å². The summed E-state index contributed by atoms with van der Waals surface area (Å²) in [6.45, 7) is 4.02. The summed E-state index contributed by atoms with van der Waals surface area (Å²) in [5.41, 5.74) is 0.854. The van der Waals surface area contributed by atoms with Crippen molar-refractivity contribution in [3.8, 4) is 5.75 Å². The predicted octanol–water partition coefficient (Wildman–Crippen LogP) is 3.12. The maximum atomic E-state index is 11.6. The Bertz CT molecular complexity index is 486. The number of hydrogen-bond acceptors (Lipinski definition) is 5. The van der Waals surface area contributed by atoms with Crippen LogP contribution >= 0.6 is 11.6 Å². The molecule has 1 aromatic carbocycles. The first-order chi connectivity index (χ1) is 11.0. The number of benzene rings is 1. The Labute approximate surface area is 141 Å². The Hall–Kier alpha value is -1.75. The molecule has 0 radical (unpaired) electrons. The van der Waals surface area contributed by atoms with Crippen LogP contribution in [0.3, 0.4) is 0 Å². The van der Waals surface area contributed by atoms with Crippen molar-refractivity contribution in [1.82, 2.24) is 0 Å². The van der Waals surface area contributed by atoms with Gasteiger partial charge >= 0.3 is 11.9 Å². The van der Waals surface area contributed by atoms with E-state index in [1.807, 2.05) is 6.92 Å². The third-order valence-electron chi connectivity index (χ3n) is 2.97. The van der Waals surface area contributed by atoms with Gasteiger partial charge in [-0.3, -0.25) is 9.59 Å². The second-order valence-electron chi connectivity index (χ2n) is 5.09. The molecule has 0 bridgehead atoms. The molecular formula is C17H23ClO5. The Kier molecular flexibility index (Phi) is 9.14. The van der Waals surface area contributed by atoms with E-state index < -0.39 is 12.1 Å². The highest BCUT2D eigenvalue weighted by Gasteiger charge is 2.12. The average Bonchev–Trinajstić information content (AvgIpc) is 2.52. The molecule has 6 heteroatoms. The SMILES string of the molecule is CCCCOC(=O)Cc1ccc(OC[C@H](CCl)OC(C)=O)cc1. The molecule has 23 heavy (non-hydrogen) atoms. The number of carbonyl (C=O) groups is 2. The van der Waals surface area contributed by atoms with Gasteiger partial charge in [0, 0.05) is 6.92 Å². The standard InChI is InChI=1S/C17H23ClO5/c1-3-4-9-21-17(20)10-14-5-7-15(8-6-14)22-12-16(11-18)23-13(2)19/h5-8,16H,3-4,9-12H2,1-2H3/t16-/m0/s1. The number of alkyl halides is 1. The van der Waals surface area contributed by atoms with Gasteiger partial charge in [0.25, 0.3) is 0 Å². The zero-order valence-electron chi connectivity index (χ0n) is 13.5. The van der Waals surface area contributed by atoms with E-state index >= 15 is 0 Å². The van der Waals surface area contributed by atoms with Gasteiger partial charge in [-0.1, -0.05) is 25.5 Å². The number of hydrogen-bond donors (Lipinski definition) is 0. The first kappa shape index (κ1) is 19.3. The van der Waals surface area contributed by atoms with Crippen LogP contribution in [0.4, 0.5) is 0 Å². The van der Waals surface area contributed by atoms with Gasteiger partial charge in [-0.25, -0.2) is 0 Å². The van der Waals surface area contributed by atoms with E-state index in [1.54, 1.807) is 24.3 Å². The highest BCUT2D eigenvalue weighted by Crippen LogP contribution is 2.14. The Morgan fingerprint density at radius 3 is 2.48 bits per heavy atom. The molecule has 0 spiro atoms. The first-order valence-corrected chi connectivity index (χ1v) is 8.19. The van der Waals surface area contributed by atoms with Crippen LogP contribution in [-0.2, 0) is 25.5 Å². The molecule has 0 aliphatic carbocycles. The fourth-order valence-corrected chi connectivity index (χ4v) is 1.94. The molecule has 0 aliphatic heterocycles. The minimum atomic E-state index is -0.484. The van der Waals surface area contributed by atoms with E-state index in [0.717, 1.165) is 18.4 Å². The van der Waals surface area contributed by atoms with Crippen molar-refractivity contribution in [3.05, 3.63) is 29.8 Å². The Morgan fingerprint density at radius 1 is 1.22 bits per heavy atom. The van der Waals surface area contributed by atoms with Crippen LogP contribution in [0.5, 0.6) is 5.75 Å². The highest BCUT2D eigenvalue weighted by atomic mass is 35.5.